The minimum absolute atomic E-state index is 0.324. The molecular weight excluding hydrogens is 290 g/mol. The number of pyridine rings is 1. The lowest BCUT2D eigenvalue weighted by atomic mass is 10.1. The lowest BCUT2D eigenvalue weighted by Gasteiger charge is -2.15. The Balaban J connectivity index is 1.78. The molecule has 23 heavy (non-hydrogen) atoms. The highest BCUT2D eigenvalue weighted by Gasteiger charge is 2.12. The first-order valence-corrected chi connectivity index (χ1v) is 7.54. The Labute approximate surface area is 135 Å². The Kier molecular flexibility index (Phi) is 4.32. The molecule has 0 amide bonds. The van der Waals surface area contributed by atoms with Crippen molar-refractivity contribution in [3.63, 3.8) is 0 Å². The van der Waals surface area contributed by atoms with Gasteiger partial charge in [-0.1, -0.05) is 25.1 Å². The molecule has 3 heterocycles. The molecule has 0 atom stereocenters. The zero-order chi connectivity index (χ0) is 16.2. The molecule has 0 saturated carbocycles. The fourth-order valence-corrected chi connectivity index (χ4v) is 2.18. The second-order valence-electron chi connectivity index (χ2n) is 5.69. The van der Waals surface area contributed by atoms with Crippen LogP contribution in [-0.2, 0) is 6.54 Å². The van der Waals surface area contributed by atoms with Gasteiger partial charge in [-0.25, -0.2) is 9.97 Å². The Bertz CT molecular complexity index is 769. The molecule has 0 aliphatic carbocycles. The topological polar surface area (TPSA) is 67.9 Å². The number of anilines is 1. The molecule has 0 aliphatic rings. The maximum Gasteiger partial charge on any atom is 0.226 e. The van der Waals surface area contributed by atoms with E-state index in [4.69, 9.17) is 4.52 Å². The van der Waals surface area contributed by atoms with Gasteiger partial charge in [-0.05, 0) is 18.2 Å². The smallest absolute Gasteiger partial charge is 0.226 e. The Morgan fingerprint density at radius 1 is 1.09 bits per heavy atom. The minimum Gasteiger partial charge on any atom is -0.361 e. The van der Waals surface area contributed by atoms with E-state index in [1.54, 1.807) is 12.4 Å². The summed E-state index contributed by atoms with van der Waals surface area (Å²) >= 11 is 0. The zero-order valence-electron chi connectivity index (χ0n) is 13.5. The summed E-state index contributed by atoms with van der Waals surface area (Å²) in [5, 5.41) is 4.10. The molecule has 0 spiro atoms. The molecule has 6 heteroatoms. The summed E-state index contributed by atoms with van der Waals surface area (Å²) in [6.45, 7) is 4.74. The Morgan fingerprint density at radius 2 is 1.96 bits per heavy atom. The van der Waals surface area contributed by atoms with Gasteiger partial charge in [0.05, 0.1) is 17.9 Å². The predicted octanol–water partition coefficient (Wildman–Crippen LogP) is 3.29. The average Bonchev–Trinajstić information content (AvgIpc) is 3.04. The number of nitrogens with zero attached hydrogens (tertiary/aromatic N) is 5. The van der Waals surface area contributed by atoms with Crippen molar-refractivity contribution in [3.8, 4) is 11.4 Å². The molecule has 3 aromatic heterocycles. The van der Waals surface area contributed by atoms with E-state index in [2.05, 4.69) is 34.0 Å². The van der Waals surface area contributed by atoms with Crippen LogP contribution < -0.4 is 4.90 Å². The van der Waals surface area contributed by atoms with Gasteiger partial charge >= 0.3 is 0 Å². The van der Waals surface area contributed by atoms with Crippen LogP contribution in [-0.4, -0.2) is 27.2 Å². The van der Waals surface area contributed by atoms with Crippen molar-refractivity contribution in [1.82, 2.24) is 20.1 Å². The van der Waals surface area contributed by atoms with Gasteiger partial charge in [0.15, 0.2) is 0 Å². The Hall–Kier alpha value is -2.76. The Morgan fingerprint density at radius 3 is 2.65 bits per heavy atom. The van der Waals surface area contributed by atoms with E-state index in [0.29, 0.717) is 18.4 Å². The molecule has 0 radical (unpaired) electrons. The lowest BCUT2D eigenvalue weighted by molar-refractivity contribution is 0.365. The summed E-state index contributed by atoms with van der Waals surface area (Å²) in [6, 6.07) is 9.58. The van der Waals surface area contributed by atoms with Crippen LogP contribution in [0, 0.1) is 0 Å². The fourth-order valence-electron chi connectivity index (χ4n) is 2.18. The average molecular weight is 309 g/mol. The summed E-state index contributed by atoms with van der Waals surface area (Å²) < 4.78 is 5.33. The van der Waals surface area contributed by atoms with Crippen LogP contribution in [0.5, 0.6) is 0 Å². The quantitative estimate of drug-likeness (QED) is 0.720. The van der Waals surface area contributed by atoms with Crippen molar-refractivity contribution in [1.29, 1.82) is 0 Å². The van der Waals surface area contributed by atoms with E-state index >= 15 is 0 Å². The van der Waals surface area contributed by atoms with Crippen LogP contribution >= 0.6 is 0 Å². The predicted molar refractivity (Wildman–Crippen MR) is 88.0 cm³/mol. The molecule has 0 saturated heterocycles. The molecule has 6 nitrogen and oxygen atoms in total. The van der Waals surface area contributed by atoms with Gasteiger partial charge in [-0.3, -0.25) is 4.98 Å². The summed E-state index contributed by atoms with van der Waals surface area (Å²) in [5.74, 6) is 1.84. The van der Waals surface area contributed by atoms with Crippen LogP contribution in [0.3, 0.4) is 0 Å². The third-order valence-corrected chi connectivity index (χ3v) is 3.46. The van der Waals surface area contributed by atoms with E-state index in [1.165, 1.54) is 0 Å². The SMILES string of the molecule is CC(C)c1cc(CN(C)c2nccc(-c3ccccn3)n2)no1. The highest BCUT2D eigenvalue weighted by Crippen LogP contribution is 2.19. The van der Waals surface area contributed by atoms with Crippen LogP contribution in [0.2, 0.25) is 0 Å². The highest BCUT2D eigenvalue weighted by molar-refractivity contribution is 5.55. The van der Waals surface area contributed by atoms with Crippen molar-refractivity contribution < 1.29 is 4.52 Å². The maximum atomic E-state index is 5.33. The third kappa shape index (κ3) is 3.53. The minimum atomic E-state index is 0.324. The first-order chi connectivity index (χ1) is 11.1. The summed E-state index contributed by atoms with van der Waals surface area (Å²) in [5.41, 5.74) is 2.49. The van der Waals surface area contributed by atoms with Crippen molar-refractivity contribution >= 4 is 5.95 Å². The lowest BCUT2D eigenvalue weighted by Crippen LogP contribution is -2.19. The van der Waals surface area contributed by atoms with E-state index in [0.717, 1.165) is 22.8 Å². The van der Waals surface area contributed by atoms with E-state index in [1.807, 2.05) is 42.3 Å². The zero-order valence-corrected chi connectivity index (χ0v) is 13.5. The van der Waals surface area contributed by atoms with Crippen LogP contribution in [0.15, 0.2) is 47.2 Å². The van der Waals surface area contributed by atoms with Crippen LogP contribution in [0.25, 0.3) is 11.4 Å². The molecule has 118 valence electrons. The number of hydrogen-bond acceptors (Lipinski definition) is 6. The summed E-state index contributed by atoms with van der Waals surface area (Å²) in [7, 11) is 1.93. The van der Waals surface area contributed by atoms with Crippen molar-refractivity contribution in [2.24, 2.45) is 0 Å². The monoisotopic (exact) mass is 309 g/mol. The molecule has 3 aromatic rings. The van der Waals surface area contributed by atoms with Crippen molar-refractivity contribution in [3.05, 3.63) is 54.2 Å². The van der Waals surface area contributed by atoms with Crippen LogP contribution in [0.1, 0.15) is 31.2 Å². The molecule has 3 rings (SSSR count). The second kappa shape index (κ2) is 6.56. The van der Waals surface area contributed by atoms with E-state index in [9.17, 15) is 0 Å². The normalized spacial score (nSPS) is 11.0. The standard InChI is InChI=1S/C17H19N5O/c1-12(2)16-10-13(21-23-16)11-22(3)17-19-9-7-15(20-17)14-6-4-5-8-18-14/h4-10,12H,11H2,1-3H3. The van der Waals surface area contributed by atoms with Gasteiger partial charge < -0.3 is 9.42 Å². The summed E-state index contributed by atoms with van der Waals surface area (Å²) in [4.78, 5) is 15.2. The second-order valence-corrected chi connectivity index (χ2v) is 5.69. The highest BCUT2D eigenvalue weighted by atomic mass is 16.5. The van der Waals surface area contributed by atoms with Gasteiger partial charge in [0.25, 0.3) is 0 Å². The third-order valence-electron chi connectivity index (χ3n) is 3.46. The van der Waals surface area contributed by atoms with E-state index in [-0.39, 0.29) is 0 Å². The molecule has 0 fully saturated rings. The van der Waals surface area contributed by atoms with Crippen molar-refractivity contribution in [2.75, 3.05) is 11.9 Å². The number of rotatable bonds is 5. The molecule has 0 N–H and O–H groups in total. The molecule has 0 bridgehead atoms. The van der Waals surface area contributed by atoms with Gasteiger partial charge in [0, 0.05) is 31.4 Å². The fraction of sp³-hybridized carbons (Fsp3) is 0.294. The molecule has 0 aromatic carbocycles. The molecular formula is C17H19N5O. The van der Waals surface area contributed by atoms with Gasteiger partial charge in [0.1, 0.15) is 11.5 Å². The van der Waals surface area contributed by atoms with Gasteiger partial charge in [-0.15, -0.1) is 0 Å². The van der Waals surface area contributed by atoms with Crippen LogP contribution in [0.4, 0.5) is 5.95 Å². The summed E-state index contributed by atoms with van der Waals surface area (Å²) in [6.07, 6.45) is 3.49. The molecule has 0 unspecified atom stereocenters. The maximum absolute atomic E-state index is 5.33. The largest absolute Gasteiger partial charge is 0.361 e. The molecule has 0 aliphatic heterocycles. The van der Waals surface area contributed by atoms with Gasteiger partial charge in [0.2, 0.25) is 5.95 Å². The van der Waals surface area contributed by atoms with E-state index < -0.39 is 0 Å². The number of hydrogen-bond donors (Lipinski definition) is 0. The first kappa shape index (κ1) is 15.1. The van der Waals surface area contributed by atoms with Gasteiger partial charge in [-0.2, -0.15) is 0 Å². The number of aromatic nitrogens is 4. The first-order valence-electron chi connectivity index (χ1n) is 7.54. The van der Waals surface area contributed by atoms with Crippen molar-refractivity contribution in [2.45, 2.75) is 26.3 Å².